The lowest BCUT2D eigenvalue weighted by Gasteiger charge is -2.24. The van der Waals surface area contributed by atoms with Gasteiger partial charge in [-0.15, -0.1) is 0 Å². The zero-order valence-corrected chi connectivity index (χ0v) is 26.7. The van der Waals surface area contributed by atoms with Gasteiger partial charge in [0.05, 0.1) is 44.7 Å². The third-order valence-electron chi connectivity index (χ3n) is 9.56. The van der Waals surface area contributed by atoms with Crippen molar-refractivity contribution in [2.75, 3.05) is 9.80 Å². The number of para-hydroxylation sites is 1. The van der Waals surface area contributed by atoms with Crippen LogP contribution in [0.5, 0.6) is 0 Å². The van der Waals surface area contributed by atoms with Crippen molar-refractivity contribution in [3.05, 3.63) is 168 Å². The van der Waals surface area contributed by atoms with Crippen molar-refractivity contribution in [1.29, 1.82) is 0 Å². The Balaban J connectivity index is 1.13. The molecule has 0 radical (unpaired) electrons. The molecule has 9 rings (SSSR count). The van der Waals surface area contributed by atoms with Crippen LogP contribution in [0.1, 0.15) is 47.0 Å². The summed E-state index contributed by atoms with van der Waals surface area (Å²) in [6.07, 6.45) is 1.82. The molecule has 50 heavy (non-hydrogen) atoms. The molecule has 0 saturated heterocycles. The second-order valence-corrected chi connectivity index (χ2v) is 12.4. The van der Waals surface area contributed by atoms with Gasteiger partial charge < -0.3 is 0 Å². The van der Waals surface area contributed by atoms with E-state index in [0.717, 1.165) is 43.2 Å². The van der Waals surface area contributed by atoms with E-state index in [-0.39, 0.29) is 0 Å². The number of benzene rings is 6. The molecule has 2 aliphatic rings. The van der Waals surface area contributed by atoms with Crippen molar-refractivity contribution in [2.24, 2.45) is 0 Å². The number of hydrogen-bond donors (Lipinski definition) is 0. The predicted octanol–water partition coefficient (Wildman–Crippen LogP) is 8.27. The maximum absolute atomic E-state index is 13.7. The molecule has 0 unspecified atom stereocenters. The summed E-state index contributed by atoms with van der Waals surface area (Å²) in [4.78, 5) is 61.6. The van der Waals surface area contributed by atoms with Gasteiger partial charge in [-0.05, 0) is 95.4 Å². The Morgan fingerprint density at radius 3 is 1.40 bits per heavy atom. The third kappa shape index (κ3) is 4.35. The second kappa shape index (κ2) is 11.1. The number of carbonyl (C=O) groups is 4. The van der Waals surface area contributed by atoms with Crippen LogP contribution in [0.4, 0.5) is 11.4 Å². The highest BCUT2D eigenvalue weighted by Crippen LogP contribution is 2.41. The van der Waals surface area contributed by atoms with Gasteiger partial charge in [0.1, 0.15) is 6.33 Å². The minimum Gasteiger partial charge on any atom is -0.299 e. The Hall–Kier alpha value is -6.93. The fourth-order valence-corrected chi connectivity index (χ4v) is 6.97. The Morgan fingerprint density at radius 2 is 0.900 bits per heavy atom. The molecule has 4 amide bonds. The van der Waals surface area contributed by atoms with E-state index in [9.17, 15) is 19.2 Å². The molecule has 238 valence electrons. The van der Waals surface area contributed by atoms with Crippen LogP contribution in [0.15, 0.2) is 140 Å². The molecular formula is C42H26N4O4. The van der Waals surface area contributed by atoms with Crippen LogP contribution in [-0.4, -0.2) is 33.2 Å². The van der Waals surface area contributed by atoms with Crippen LogP contribution in [0.3, 0.4) is 0 Å². The number of amides is 4. The van der Waals surface area contributed by atoms with Gasteiger partial charge in [0.2, 0.25) is 0 Å². The van der Waals surface area contributed by atoms with Gasteiger partial charge in [0.15, 0.2) is 0 Å². The summed E-state index contributed by atoms with van der Waals surface area (Å²) in [6, 6.07) is 41.0. The van der Waals surface area contributed by atoms with Gasteiger partial charge in [0.25, 0.3) is 23.6 Å². The van der Waals surface area contributed by atoms with Crippen molar-refractivity contribution >= 4 is 46.0 Å². The predicted molar refractivity (Wildman–Crippen MR) is 192 cm³/mol. The van der Waals surface area contributed by atoms with Crippen molar-refractivity contribution in [2.45, 2.75) is 6.92 Å². The Labute approximate surface area is 286 Å². The quantitative estimate of drug-likeness (QED) is 0.175. The van der Waals surface area contributed by atoms with Gasteiger partial charge in [0, 0.05) is 5.69 Å². The van der Waals surface area contributed by atoms with Gasteiger partial charge in [-0.2, -0.15) is 0 Å². The van der Waals surface area contributed by atoms with Gasteiger partial charge >= 0.3 is 0 Å². The summed E-state index contributed by atoms with van der Waals surface area (Å²) in [5, 5.41) is 0. The number of fused-ring (bicyclic) bond motifs is 3. The van der Waals surface area contributed by atoms with Crippen molar-refractivity contribution in [3.8, 4) is 27.9 Å². The molecule has 2 aliphatic heterocycles. The number of imidazole rings is 1. The first-order valence-electron chi connectivity index (χ1n) is 16.1. The number of rotatable bonds is 5. The zero-order chi connectivity index (χ0) is 34.1. The highest BCUT2D eigenvalue weighted by atomic mass is 16.2. The molecule has 1 aromatic heterocycles. The first kappa shape index (κ1) is 29.2. The SMILES string of the molecule is Cc1c(N2C(=O)c3ccccc3C2=O)cc(-c2ccc(-c3ccc4c(c3)ncn4-c3ccccc3)cc2)cc1N1C(=O)c2ccccc2C1=O. The maximum Gasteiger partial charge on any atom is 0.266 e. The van der Waals surface area contributed by atoms with Crippen LogP contribution >= 0.6 is 0 Å². The van der Waals surface area contributed by atoms with Crippen LogP contribution in [0, 0.1) is 6.92 Å². The van der Waals surface area contributed by atoms with E-state index in [1.807, 2.05) is 60.9 Å². The van der Waals surface area contributed by atoms with Crippen LogP contribution in [0.2, 0.25) is 0 Å². The molecule has 0 spiro atoms. The Morgan fingerprint density at radius 1 is 0.460 bits per heavy atom. The minimum absolute atomic E-state index is 0.305. The molecule has 0 bridgehead atoms. The number of aromatic nitrogens is 2. The largest absolute Gasteiger partial charge is 0.299 e. The zero-order valence-electron chi connectivity index (χ0n) is 26.7. The summed E-state index contributed by atoms with van der Waals surface area (Å²) in [5.41, 5.74) is 8.57. The monoisotopic (exact) mass is 650 g/mol. The average Bonchev–Trinajstić information content (AvgIpc) is 3.78. The lowest BCUT2D eigenvalue weighted by molar-refractivity contribution is 0.0912. The fourth-order valence-electron chi connectivity index (χ4n) is 6.97. The average molecular weight is 651 g/mol. The van der Waals surface area contributed by atoms with Gasteiger partial charge in [-0.3, -0.25) is 23.7 Å². The molecule has 0 atom stereocenters. The lowest BCUT2D eigenvalue weighted by Crippen LogP contribution is -2.33. The van der Waals surface area contributed by atoms with E-state index in [4.69, 9.17) is 0 Å². The highest BCUT2D eigenvalue weighted by Gasteiger charge is 2.41. The molecule has 0 N–H and O–H groups in total. The standard InChI is InChI=1S/C42H26N4O4/c1-25-37(45-39(47)31-11-5-6-12-32(31)40(45)48)22-29(23-38(25)46-41(49)33-13-7-8-14-34(33)42(46)50)27-17-15-26(16-18-27)28-19-20-36-35(21-28)43-24-44(36)30-9-3-2-4-10-30/h2-24H,1H3. The van der Waals surface area contributed by atoms with Crippen LogP contribution in [-0.2, 0) is 0 Å². The summed E-state index contributed by atoms with van der Waals surface area (Å²) < 4.78 is 2.05. The minimum atomic E-state index is -0.459. The molecule has 0 saturated carbocycles. The Bertz CT molecular complexity index is 2420. The van der Waals surface area contributed by atoms with Crippen LogP contribution in [0.25, 0.3) is 39.0 Å². The van der Waals surface area contributed by atoms with Crippen molar-refractivity contribution in [1.82, 2.24) is 9.55 Å². The van der Waals surface area contributed by atoms with Crippen molar-refractivity contribution in [3.63, 3.8) is 0 Å². The van der Waals surface area contributed by atoms with E-state index in [2.05, 4.69) is 27.8 Å². The van der Waals surface area contributed by atoms with E-state index in [1.54, 1.807) is 67.6 Å². The smallest absolute Gasteiger partial charge is 0.266 e. The van der Waals surface area contributed by atoms with Gasteiger partial charge in [-0.25, -0.2) is 14.8 Å². The molecule has 3 heterocycles. The molecule has 7 aromatic rings. The number of carbonyl (C=O) groups excluding carboxylic acids is 4. The highest BCUT2D eigenvalue weighted by molar-refractivity contribution is 6.37. The topological polar surface area (TPSA) is 92.6 Å². The van der Waals surface area contributed by atoms with E-state index >= 15 is 0 Å². The number of imide groups is 2. The third-order valence-corrected chi connectivity index (χ3v) is 9.56. The molecular weight excluding hydrogens is 624 g/mol. The van der Waals surface area contributed by atoms with E-state index < -0.39 is 23.6 Å². The van der Waals surface area contributed by atoms with E-state index in [1.165, 1.54) is 0 Å². The molecule has 0 fully saturated rings. The van der Waals surface area contributed by atoms with Gasteiger partial charge in [-0.1, -0.05) is 72.8 Å². The second-order valence-electron chi connectivity index (χ2n) is 12.4. The van der Waals surface area contributed by atoms with E-state index in [0.29, 0.717) is 44.8 Å². The lowest BCUT2D eigenvalue weighted by atomic mass is 9.97. The molecule has 6 aromatic carbocycles. The molecule has 0 aliphatic carbocycles. The first-order chi connectivity index (χ1) is 24.4. The number of nitrogens with zero attached hydrogens (tertiary/aromatic N) is 4. The number of anilines is 2. The fraction of sp³-hybridized carbons (Fsp3) is 0.0238. The summed E-state index contributed by atoms with van der Waals surface area (Å²) >= 11 is 0. The molecule has 8 heteroatoms. The maximum atomic E-state index is 13.7. The normalized spacial score (nSPS) is 13.8. The summed E-state index contributed by atoms with van der Waals surface area (Å²) in [7, 11) is 0. The Kier molecular flexibility index (Phi) is 6.47. The van der Waals surface area contributed by atoms with Crippen molar-refractivity contribution < 1.29 is 19.2 Å². The summed E-state index contributed by atoms with van der Waals surface area (Å²) in [5.74, 6) is -1.83. The summed E-state index contributed by atoms with van der Waals surface area (Å²) in [6.45, 7) is 1.72. The molecule has 8 nitrogen and oxygen atoms in total. The first-order valence-corrected chi connectivity index (χ1v) is 16.1. The number of hydrogen-bond acceptors (Lipinski definition) is 5. The van der Waals surface area contributed by atoms with Crippen LogP contribution < -0.4 is 9.80 Å².